The summed E-state index contributed by atoms with van der Waals surface area (Å²) < 4.78 is 15.8. The molecule has 0 saturated carbocycles. The Morgan fingerprint density at radius 1 is 1.09 bits per heavy atom. The van der Waals surface area contributed by atoms with Gasteiger partial charge in [-0.3, -0.25) is 4.99 Å². The Kier molecular flexibility index (Phi) is 9.81. The van der Waals surface area contributed by atoms with E-state index in [1.54, 1.807) is 14.2 Å². The van der Waals surface area contributed by atoms with Crippen LogP contribution in [0.2, 0.25) is 0 Å². The molecule has 0 aliphatic heterocycles. The molecule has 0 aromatic heterocycles. The van der Waals surface area contributed by atoms with Crippen LogP contribution in [0.3, 0.4) is 0 Å². The van der Waals surface area contributed by atoms with Gasteiger partial charge in [-0.1, -0.05) is 12.1 Å². The Balaban J connectivity index is 2.30. The standard InChI is InChI=1S/C16H27N3O3/c1-4-21-10-9-18-16(17-2)19-13-14-5-7-15(8-6-14)22-12-11-20-3/h5-8H,4,9-13H2,1-3H3,(H2,17,18,19). The van der Waals surface area contributed by atoms with Gasteiger partial charge < -0.3 is 24.8 Å². The average Bonchev–Trinajstić information content (AvgIpc) is 2.56. The topological polar surface area (TPSA) is 64.1 Å². The fraction of sp³-hybridized carbons (Fsp3) is 0.562. The van der Waals surface area contributed by atoms with Crippen LogP contribution in [0.1, 0.15) is 12.5 Å². The van der Waals surface area contributed by atoms with Gasteiger partial charge in [0.2, 0.25) is 0 Å². The van der Waals surface area contributed by atoms with Crippen molar-refractivity contribution < 1.29 is 14.2 Å². The first-order valence-electron chi connectivity index (χ1n) is 7.53. The molecule has 0 atom stereocenters. The molecule has 0 unspecified atom stereocenters. The molecule has 0 heterocycles. The molecule has 0 bridgehead atoms. The van der Waals surface area contributed by atoms with E-state index in [0.29, 0.717) is 26.4 Å². The van der Waals surface area contributed by atoms with Crippen molar-refractivity contribution in [1.82, 2.24) is 10.6 Å². The summed E-state index contributed by atoms with van der Waals surface area (Å²) in [5.41, 5.74) is 1.16. The lowest BCUT2D eigenvalue weighted by Crippen LogP contribution is -2.38. The molecule has 1 rings (SSSR count). The van der Waals surface area contributed by atoms with Crippen molar-refractivity contribution in [2.24, 2.45) is 4.99 Å². The largest absolute Gasteiger partial charge is 0.491 e. The van der Waals surface area contributed by atoms with Crippen LogP contribution >= 0.6 is 0 Å². The lowest BCUT2D eigenvalue weighted by molar-refractivity contribution is 0.146. The lowest BCUT2D eigenvalue weighted by atomic mass is 10.2. The number of methoxy groups -OCH3 is 1. The SMILES string of the molecule is CCOCCNC(=NC)NCc1ccc(OCCOC)cc1. The molecule has 0 amide bonds. The number of hydrogen-bond donors (Lipinski definition) is 2. The van der Waals surface area contributed by atoms with Gasteiger partial charge in [0.25, 0.3) is 0 Å². The van der Waals surface area contributed by atoms with E-state index in [1.807, 2.05) is 31.2 Å². The summed E-state index contributed by atoms with van der Waals surface area (Å²) in [5.74, 6) is 1.61. The van der Waals surface area contributed by atoms with E-state index in [1.165, 1.54) is 0 Å². The van der Waals surface area contributed by atoms with Crippen LogP contribution in [0.15, 0.2) is 29.3 Å². The first-order chi connectivity index (χ1) is 10.8. The van der Waals surface area contributed by atoms with Gasteiger partial charge in [-0.15, -0.1) is 0 Å². The Labute approximate surface area is 132 Å². The molecule has 0 radical (unpaired) electrons. The van der Waals surface area contributed by atoms with Crippen LogP contribution in [0.5, 0.6) is 5.75 Å². The Morgan fingerprint density at radius 3 is 2.50 bits per heavy atom. The molecule has 0 aliphatic carbocycles. The minimum atomic E-state index is 0.560. The molecule has 1 aromatic rings. The van der Waals surface area contributed by atoms with Crippen molar-refractivity contribution in [2.75, 3.05) is 47.1 Å². The molecule has 0 saturated heterocycles. The second-order valence-corrected chi connectivity index (χ2v) is 4.53. The molecule has 6 nitrogen and oxygen atoms in total. The highest BCUT2D eigenvalue weighted by Gasteiger charge is 1.99. The minimum absolute atomic E-state index is 0.560. The summed E-state index contributed by atoms with van der Waals surface area (Å²) in [6.45, 7) is 5.97. The van der Waals surface area contributed by atoms with Gasteiger partial charge in [-0.2, -0.15) is 0 Å². The van der Waals surface area contributed by atoms with Crippen molar-refractivity contribution >= 4 is 5.96 Å². The molecule has 22 heavy (non-hydrogen) atoms. The third kappa shape index (κ3) is 7.85. The van der Waals surface area contributed by atoms with Crippen LogP contribution in [-0.4, -0.2) is 53.1 Å². The monoisotopic (exact) mass is 309 g/mol. The fourth-order valence-electron chi connectivity index (χ4n) is 1.74. The normalized spacial score (nSPS) is 11.3. The van der Waals surface area contributed by atoms with Crippen molar-refractivity contribution in [3.63, 3.8) is 0 Å². The highest BCUT2D eigenvalue weighted by molar-refractivity contribution is 5.79. The van der Waals surface area contributed by atoms with Gasteiger partial charge in [-0.05, 0) is 24.6 Å². The Morgan fingerprint density at radius 2 is 1.86 bits per heavy atom. The van der Waals surface area contributed by atoms with Gasteiger partial charge in [0.1, 0.15) is 12.4 Å². The van der Waals surface area contributed by atoms with Crippen molar-refractivity contribution in [3.8, 4) is 5.75 Å². The summed E-state index contributed by atoms with van der Waals surface area (Å²) in [5, 5.41) is 6.45. The van der Waals surface area contributed by atoms with Gasteiger partial charge >= 0.3 is 0 Å². The second-order valence-electron chi connectivity index (χ2n) is 4.53. The predicted octanol–water partition coefficient (Wildman–Crippen LogP) is 1.41. The van der Waals surface area contributed by atoms with Crippen molar-refractivity contribution in [3.05, 3.63) is 29.8 Å². The highest BCUT2D eigenvalue weighted by atomic mass is 16.5. The Hall–Kier alpha value is -1.79. The number of guanidine groups is 1. The molecule has 1 aromatic carbocycles. The van der Waals surface area contributed by atoms with E-state index >= 15 is 0 Å². The third-order valence-electron chi connectivity index (χ3n) is 2.91. The molecule has 0 aliphatic rings. The number of ether oxygens (including phenoxy) is 3. The minimum Gasteiger partial charge on any atom is -0.491 e. The fourth-order valence-corrected chi connectivity index (χ4v) is 1.74. The van der Waals surface area contributed by atoms with Crippen LogP contribution in [0, 0.1) is 0 Å². The zero-order valence-corrected chi connectivity index (χ0v) is 13.7. The van der Waals surface area contributed by atoms with Crippen LogP contribution in [0.25, 0.3) is 0 Å². The highest BCUT2D eigenvalue weighted by Crippen LogP contribution is 2.11. The smallest absolute Gasteiger partial charge is 0.191 e. The summed E-state index contributed by atoms with van der Waals surface area (Å²) >= 11 is 0. The predicted molar refractivity (Wildman–Crippen MR) is 88.5 cm³/mol. The molecule has 0 spiro atoms. The van der Waals surface area contributed by atoms with E-state index in [9.17, 15) is 0 Å². The number of aliphatic imine (C=N–C) groups is 1. The number of benzene rings is 1. The van der Waals surface area contributed by atoms with E-state index < -0.39 is 0 Å². The molecule has 0 fully saturated rings. The zero-order chi connectivity index (χ0) is 16.0. The second kappa shape index (κ2) is 11.8. The maximum absolute atomic E-state index is 5.53. The van der Waals surface area contributed by atoms with Crippen LogP contribution in [0.4, 0.5) is 0 Å². The first-order valence-corrected chi connectivity index (χ1v) is 7.53. The Bertz CT molecular complexity index is 421. The average molecular weight is 309 g/mol. The van der Waals surface area contributed by atoms with E-state index in [4.69, 9.17) is 14.2 Å². The van der Waals surface area contributed by atoms with Gasteiger partial charge in [0.15, 0.2) is 5.96 Å². The van der Waals surface area contributed by atoms with E-state index in [-0.39, 0.29) is 0 Å². The van der Waals surface area contributed by atoms with Crippen molar-refractivity contribution in [1.29, 1.82) is 0 Å². The molecule has 124 valence electrons. The van der Waals surface area contributed by atoms with Crippen LogP contribution in [-0.2, 0) is 16.0 Å². The number of rotatable bonds is 10. The van der Waals surface area contributed by atoms with Gasteiger partial charge in [-0.25, -0.2) is 0 Å². The van der Waals surface area contributed by atoms with E-state index in [2.05, 4.69) is 15.6 Å². The molecular formula is C16H27N3O3. The number of nitrogens with one attached hydrogen (secondary N) is 2. The van der Waals surface area contributed by atoms with Gasteiger partial charge in [0, 0.05) is 33.9 Å². The lowest BCUT2D eigenvalue weighted by Gasteiger charge is -2.12. The molecule has 2 N–H and O–H groups in total. The van der Waals surface area contributed by atoms with Crippen molar-refractivity contribution in [2.45, 2.75) is 13.5 Å². The third-order valence-corrected chi connectivity index (χ3v) is 2.91. The number of nitrogens with zero attached hydrogens (tertiary/aromatic N) is 1. The molecular weight excluding hydrogens is 282 g/mol. The number of hydrogen-bond acceptors (Lipinski definition) is 4. The maximum Gasteiger partial charge on any atom is 0.191 e. The maximum atomic E-state index is 5.53. The summed E-state index contributed by atoms with van der Waals surface area (Å²) in [6.07, 6.45) is 0. The van der Waals surface area contributed by atoms with E-state index in [0.717, 1.165) is 30.4 Å². The quantitative estimate of drug-likeness (QED) is 0.389. The summed E-state index contributed by atoms with van der Waals surface area (Å²) in [6, 6.07) is 7.97. The summed E-state index contributed by atoms with van der Waals surface area (Å²) in [4.78, 5) is 4.17. The summed E-state index contributed by atoms with van der Waals surface area (Å²) in [7, 11) is 3.41. The van der Waals surface area contributed by atoms with Crippen LogP contribution < -0.4 is 15.4 Å². The first kappa shape index (κ1) is 18.3. The molecule has 6 heteroatoms. The van der Waals surface area contributed by atoms with Gasteiger partial charge in [0.05, 0.1) is 13.2 Å². The zero-order valence-electron chi connectivity index (χ0n) is 13.7.